The molecule has 2 aromatic carbocycles. The van der Waals surface area contributed by atoms with Gasteiger partial charge in [-0.15, -0.1) is 0 Å². The van der Waals surface area contributed by atoms with E-state index in [0.717, 1.165) is 15.4 Å². The molecule has 1 amide bonds. The first-order chi connectivity index (χ1) is 11.5. The van der Waals surface area contributed by atoms with Crippen molar-refractivity contribution >= 4 is 50.4 Å². The smallest absolute Gasteiger partial charge is 0.261 e. The molecule has 0 saturated carbocycles. The Morgan fingerprint density at radius 2 is 2.04 bits per heavy atom. The number of halogens is 2. The Kier molecular flexibility index (Phi) is 5.64. The number of rotatable bonds is 3. The highest BCUT2D eigenvalue weighted by atomic mass is 79.9. The van der Waals surface area contributed by atoms with Crippen LogP contribution in [0.2, 0.25) is 5.02 Å². The first-order valence-corrected chi connectivity index (χ1v) is 9.70. The van der Waals surface area contributed by atoms with E-state index in [9.17, 15) is 4.79 Å². The summed E-state index contributed by atoms with van der Waals surface area (Å²) in [5.41, 5.74) is 2.95. The maximum absolute atomic E-state index is 12.8. The molecular formula is C18H16BrClN2OS. The number of aliphatic imine (C=N–C) groups is 1. The molecular weight excluding hydrogens is 408 g/mol. The van der Waals surface area contributed by atoms with Gasteiger partial charge in [0, 0.05) is 16.8 Å². The Balaban J connectivity index is 1.71. The van der Waals surface area contributed by atoms with Gasteiger partial charge < -0.3 is 0 Å². The summed E-state index contributed by atoms with van der Waals surface area (Å²) in [5, 5.41) is 1.22. The van der Waals surface area contributed by atoms with Crippen molar-refractivity contribution in [2.24, 2.45) is 4.99 Å². The molecule has 0 spiro atoms. The van der Waals surface area contributed by atoms with Crippen molar-refractivity contribution in [3.8, 4) is 0 Å². The van der Waals surface area contributed by atoms with Crippen LogP contribution in [0, 0.1) is 6.92 Å². The summed E-state index contributed by atoms with van der Waals surface area (Å²) in [6.07, 6.45) is 0. The first-order valence-electron chi connectivity index (χ1n) is 7.54. The second kappa shape index (κ2) is 7.72. The van der Waals surface area contributed by atoms with Crippen molar-refractivity contribution in [1.82, 2.24) is 4.90 Å². The SMILES string of the molecule is Cc1ccc(CSC2=NCCN2C(=O)c2cc(Br)ccc2Cl)cc1. The summed E-state index contributed by atoms with van der Waals surface area (Å²) in [6.45, 7) is 3.30. The molecule has 2 aromatic rings. The van der Waals surface area contributed by atoms with Crippen LogP contribution in [0.5, 0.6) is 0 Å². The summed E-state index contributed by atoms with van der Waals surface area (Å²) < 4.78 is 0.834. The maximum Gasteiger partial charge on any atom is 0.261 e. The van der Waals surface area contributed by atoms with Crippen LogP contribution in [-0.4, -0.2) is 29.1 Å². The zero-order valence-corrected chi connectivity index (χ0v) is 16.3. The third kappa shape index (κ3) is 4.02. The molecule has 3 rings (SSSR count). The number of carbonyl (C=O) groups excluding carboxylic acids is 1. The Labute approximate surface area is 159 Å². The summed E-state index contributed by atoms with van der Waals surface area (Å²) in [7, 11) is 0. The lowest BCUT2D eigenvalue weighted by Gasteiger charge is -2.18. The summed E-state index contributed by atoms with van der Waals surface area (Å²) >= 11 is 11.2. The van der Waals surface area contributed by atoms with Crippen LogP contribution in [0.3, 0.4) is 0 Å². The van der Waals surface area contributed by atoms with Crippen LogP contribution in [0.25, 0.3) is 0 Å². The van der Waals surface area contributed by atoms with Gasteiger partial charge in [-0.2, -0.15) is 0 Å². The number of nitrogens with zero attached hydrogens (tertiary/aromatic N) is 2. The molecule has 24 heavy (non-hydrogen) atoms. The minimum Gasteiger partial charge on any atom is -0.286 e. The molecule has 6 heteroatoms. The standard InChI is InChI=1S/C18H16BrClN2OS/c1-12-2-4-13(5-3-12)11-24-18-21-8-9-22(18)17(23)15-10-14(19)6-7-16(15)20/h2-7,10H,8-9,11H2,1H3. The van der Waals surface area contributed by atoms with Crippen molar-refractivity contribution in [2.45, 2.75) is 12.7 Å². The van der Waals surface area contributed by atoms with Gasteiger partial charge in [-0.3, -0.25) is 14.7 Å². The van der Waals surface area contributed by atoms with Crippen LogP contribution in [0.1, 0.15) is 21.5 Å². The topological polar surface area (TPSA) is 32.7 Å². The van der Waals surface area contributed by atoms with Crippen LogP contribution in [0.4, 0.5) is 0 Å². The fourth-order valence-corrected chi connectivity index (χ4v) is 3.94. The largest absolute Gasteiger partial charge is 0.286 e. The fraction of sp³-hybridized carbons (Fsp3) is 0.222. The minimum absolute atomic E-state index is 0.103. The van der Waals surface area contributed by atoms with Crippen molar-refractivity contribution in [3.63, 3.8) is 0 Å². The third-order valence-electron chi connectivity index (χ3n) is 3.69. The van der Waals surface area contributed by atoms with Gasteiger partial charge in [0.15, 0.2) is 5.17 Å². The van der Waals surface area contributed by atoms with Gasteiger partial charge >= 0.3 is 0 Å². The number of benzene rings is 2. The molecule has 1 aliphatic rings. The average Bonchev–Trinajstić information content (AvgIpc) is 3.04. The Bertz CT molecular complexity index is 792. The second-order valence-electron chi connectivity index (χ2n) is 5.52. The highest BCUT2D eigenvalue weighted by molar-refractivity contribution is 9.10. The van der Waals surface area contributed by atoms with Crippen molar-refractivity contribution < 1.29 is 4.79 Å². The zero-order chi connectivity index (χ0) is 17.1. The molecule has 0 bridgehead atoms. The number of hydrogen-bond donors (Lipinski definition) is 0. The highest BCUT2D eigenvalue weighted by Gasteiger charge is 2.26. The molecule has 3 nitrogen and oxygen atoms in total. The molecule has 0 saturated heterocycles. The molecule has 124 valence electrons. The average molecular weight is 424 g/mol. The Morgan fingerprint density at radius 3 is 2.79 bits per heavy atom. The number of carbonyl (C=O) groups is 1. The van der Waals surface area contributed by atoms with E-state index in [4.69, 9.17) is 11.6 Å². The van der Waals surface area contributed by atoms with E-state index in [1.165, 1.54) is 11.1 Å². The first kappa shape index (κ1) is 17.5. The van der Waals surface area contributed by atoms with E-state index in [0.29, 0.717) is 23.7 Å². The normalized spacial score (nSPS) is 14.0. The monoisotopic (exact) mass is 422 g/mol. The predicted octanol–water partition coefficient (Wildman–Crippen LogP) is 5.16. The molecule has 0 radical (unpaired) electrons. The highest BCUT2D eigenvalue weighted by Crippen LogP contribution is 2.26. The summed E-state index contributed by atoms with van der Waals surface area (Å²) in [4.78, 5) is 19.0. The lowest BCUT2D eigenvalue weighted by atomic mass is 10.2. The van der Waals surface area contributed by atoms with Gasteiger partial charge in [0.25, 0.3) is 5.91 Å². The van der Waals surface area contributed by atoms with Gasteiger partial charge in [0.05, 0.1) is 17.1 Å². The molecule has 0 atom stereocenters. The Hall–Kier alpha value is -1.30. The number of thioether (sulfide) groups is 1. The van der Waals surface area contributed by atoms with Gasteiger partial charge in [-0.05, 0) is 30.7 Å². The molecule has 0 aromatic heterocycles. The van der Waals surface area contributed by atoms with Crippen LogP contribution in [0.15, 0.2) is 51.9 Å². The fourth-order valence-electron chi connectivity index (χ4n) is 2.38. The lowest BCUT2D eigenvalue weighted by Crippen LogP contribution is -2.33. The van der Waals surface area contributed by atoms with Gasteiger partial charge in [-0.1, -0.05) is 69.1 Å². The van der Waals surface area contributed by atoms with Crippen LogP contribution < -0.4 is 0 Å². The Morgan fingerprint density at radius 1 is 1.29 bits per heavy atom. The predicted molar refractivity (Wildman–Crippen MR) is 105 cm³/mol. The quantitative estimate of drug-likeness (QED) is 0.683. The van der Waals surface area contributed by atoms with E-state index >= 15 is 0 Å². The van der Waals surface area contributed by atoms with E-state index < -0.39 is 0 Å². The molecule has 1 heterocycles. The van der Waals surface area contributed by atoms with Gasteiger partial charge in [0.2, 0.25) is 0 Å². The van der Waals surface area contributed by atoms with Crippen LogP contribution in [-0.2, 0) is 5.75 Å². The van der Waals surface area contributed by atoms with Crippen LogP contribution >= 0.6 is 39.3 Å². The van der Waals surface area contributed by atoms with E-state index in [2.05, 4.69) is 52.1 Å². The summed E-state index contributed by atoms with van der Waals surface area (Å²) in [6, 6.07) is 13.7. The number of hydrogen-bond acceptors (Lipinski definition) is 3. The second-order valence-corrected chi connectivity index (χ2v) is 7.78. The molecule has 1 aliphatic heterocycles. The number of amides is 1. The van der Waals surface area contributed by atoms with Crippen molar-refractivity contribution in [3.05, 3.63) is 68.7 Å². The number of aryl methyl sites for hydroxylation is 1. The number of amidine groups is 1. The molecule has 0 aliphatic carbocycles. The minimum atomic E-state index is -0.103. The van der Waals surface area contributed by atoms with Crippen molar-refractivity contribution in [1.29, 1.82) is 0 Å². The third-order valence-corrected chi connectivity index (χ3v) is 5.60. The molecule has 0 N–H and O–H groups in total. The molecule has 0 unspecified atom stereocenters. The van der Waals surface area contributed by atoms with Gasteiger partial charge in [-0.25, -0.2) is 0 Å². The molecule has 0 fully saturated rings. The van der Waals surface area contributed by atoms with E-state index in [-0.39, 0.29) is 5.91 Å². The van der Waals surface area contributed by atoms with Crippen molar-refractivity contribution in [2.75, 3.05) is 13.1 Å². The van der Waals surface area contributed by atoms with E-state index in [1.54, 1.807) is 28.8 Å². The zero-order valence-electron chi connectivity index (χ0n) is 13.1. The van der Waals surface area contributed by atoms with Gasteiger partial charge in [0.1, 0.15) is 0 Å². The lowest BCUT2D eigenvalue weighted by molar-refractivity contribution is 0.0861. The maximum atomic E-state index is 12.8. The van der Waals surface area contributed by atoms with E-state index in [1.807, 2.05) is 6.07 Å². The summed E-state index contributed by atoms with van der Waals surface area (Å²) in [5.74, 6) is 0.684.